The number of carbonyl (C=O) groups is 1. The SMILES string of the molecule is COCC(C)OCC(O)COc1ccc(C=O)cc1OC. The zero-order valence-electron chi connectivity index (χ0n) is 12.6. The smallest absolute Gasteiger partial charge is 0.161 e. The predicted octanol–water partition coefficient (Wildman–Crippen LogP) is 1.30. The second kappa shape index (κ2) is 9.33. The fourth-order valence-electron chi connectivity index (χ4n) is 1.67. The van der Waals surface area contributed by atoms with Crippen molar-refractivity contribution < 1.29 is 28.8 Å². The van der Waals surface area contributed by atoms with Crippen LogP contribution in [0.5, 0.6) is 11.5 Å². The lowest BCUT2D eigenvalue weighted by atomic mass is 10.2. The summed E-state index contributed by atoms with van der Waals surface area (Å²) in [5.74, 6) is 0.910. The maximum Gasteiger partial charge on any atom is 0.161 e. The summed E-state index contributed by atoms with van der Waals surface area (Å²) >= 11 is 0. The first-order chi connectivity index (χ1) is 10.1. The highest BCUT2D eigenvalue weighted by Crippen LogP contribution is 2.27. The van der Waals surface area contributed by atoms with Crippen molar-refractivity contribution in [1.82, 2.24) is 0 Å². The van der Waals surface area contributed by atoms with E-state index in [9.17, 15) is 9.90 Å². The highest BCUT2D eigenvalue weighted by Gasteiger charge is 2.11. The third-order valence-electron chi connectivity index (χ3n) is 2.73. The fraction of sp³-hybridized carbons (Fsp3) is 0.533. The minimum absolute atomic E-state index is 0.0660. The molecule has 0 fully saturated rings. The molecule has 0 aromatic heterocycles. The molecule has 0 amide bonds. The van der Waals surface area contributed by atoms with E-state index in [0.29, 0.717) is 23.7 Å². The molecule has 0 spiro atoms. The molecule has 0 saturated heterocycles. The maximum absolute atomic E-state index is 10.7. The van der Waals surface area contributed by atoms with Crippen molar-refractivity contribution in [3.63, 3.8) is 0 Å². The Morgan fingerprint density at radius 3 is 2.57 bits per heavy atom. The van der Waals surface area contributed by atoms with Gasteiger partial charge >= 0.3 is 0 Å². The largest absolute Gasteiger partial charge is 0.493 e. The molecule has 1 aromatic carbocycles. The topological polar surface area (TPSA) is 74.2 Å². The van der Waals surface area contributed by atoms with Crippen LogP contribution in [0.1, 0.15) is 17.3 Å². The first-order valence-corrected chi connectivity index (χ1v) is 6.65. The van der Waals surface area contributed by atoms with Gasteiger partial charge in [-0.3, -0.25) is 4.79 Å². The molecule has 1 rings (SSSR count). The summed E-state index contributed by atoms with van der Waals surface area (Å²) in [6, 6.07) is 4.82. The molecule has 2 unspecified atom stereocenters. The summed E-state index contributed by atoms with van der Waals surface area (Å²) in [5, 5.41) is 9.80. The molecular weight excluding hydrogens is 276 g/mol. The Labute approximate surface area is 124 Å². The third kappa shape index (κ3) is 6.12. The second-order valence-corrected chi connectivity index (χ2v) is 4.59. The number of hydrogen-bond acceptors (Lipinski definition) is 6. The average Bonchev–Trinajstić information content (AvgIpc) is 2.51. The lowest BCUT2D eigenvalue weighted by Crippen LogP contribution is -2.27. The standard InChI is InChI=1S/C15H22O6/c1-11(8-18-2)20-9-13(17)10-21-14-5-4-12(7-16)6-15(14)19-3/h4-7,11,13,17H,8-10H2,1-3H3. The molecule has 2 atom stereocenters. The van der Waals surface area contributed by atoms with Gasteiger partial charge in [0, 0.05) is 12.7 Å². The van der Waals surface area contributed by atoms with Gasteiger partial charge in [-0.1, -0.05) is 0 Å². The second-order valence-electron chi connectivity index (χ2n) is 4.59. The van der Waals surface area contributed by atoms with Crippen LogP contribution in [0.3, 0.4) is 0 Å². The van der Waals surface area contributed by atoms with Crippen LogP contribution in [0.2, 0.25) is 0 Å². The van der Waals surface area contributed by atoms with Crippen LogP contribution in [0.15, 0.2) is 18.2 Å². The molecule has 0 heterocycles. The Balaban J connectivity index is 2.45. The van der Waals surface area contributed by atoms with Gasteiger partial charge in [0.1, 0.15) is 19.0 Å². The van der Waals surface area contributed by atoms with Gasteiger partial charge in [0.05, 0.1) is 26.4 Å². The van der Waals surface area contributed by atoms with E-state index in [0.717, 1.165) is 6.29 Å². The van der Waals surface area contributed by atoms with E-state index in [1.807, 2.05) is 6.92 Å². The van der Waals surface area contributed by atoms with Crippen molar-refractivity contribution in [2.75, 3.05) is 34.0 Å². The van der Waals surface area contributed by atoms with E-state index >= 15 is 0 Å². The number of rotatable bonds is 10. The summed E-state index contributed by atoms with van der Waals surface area (Å²) in [6.07, 6.45) is -0.127. The molecule has 0 aliphatic carbocycles. The molecule has 0 aliphatic rings. The molecule has 0 aliphatic heterocycles. The zero-order chi connectivity index (χ0) is 15.7. The number of hydrogen-bond donors (Lipinski definition) is 1. The van der Waals surface area contributed by atoms with E-state index in [2.05, 4.69) is 0 Å². The Hall–Kier alpha value is -1.63. The maximum atomic E-state index is 10.7. The molecule has 21 heavy (non-hydrogen) atoms. The lowest BCUT2D eigenvalue weighted by Gasteiger charge is -2.17. The molecular formula is C15H22O6. The normalized spacial score (nSPS) is 13.5. The van der Waals surface area contributed by atoms with Crippen LogP contribution in [-0.2, 0) is 9.47 Å². The average molecular weight is 298 g/mol. The van der Waals surface area contributed by atoms with Crippen LogP contribution >= 0.6 is 0 Å². The first kappa shape index (κ1) is 17.4. The number of benzene rings is 1. The van der Waals surface area contributed by atoms with Crippen LogP contribution in [0, 0.1) is 0 Å². The van der Waals surface area contributed by atoms with Gasteiger partial charge in [-0.15, -0.1) is 0 Å². The van der Waals surface area contributed by atoms with Crippen LogP contribution in [0.25, 0.3) is 0 Å². The van der Waals surface area contributed by atoms with Crippen molar-refractivity contribution in [2.45, 2.75) is 19.1 Å². The fourth-order valence-corrected chi connectivity index (χ4v) is 1.67. The van der Waals surface area contributed by atoms with Crippen molar-refractivity contribution >= 4 is 6.29 Å². The van der Waals surface area contributed by atoms with E-state index in [1.54, 1.807) is 25.3 Å². The number of aliphatic hydroxyl groups is 1. The van der Waals surface area contributed by atoms with Crippen molar-refractivity contribution in [3.8, 4) is 11.5 Å². The zero-order valence-corrected chi connectivity index (χ0v) is 12.6. The third-order valence-corrected chi connectivity index (χ3v) is 2.73. The highest BCUT2D eigenvalue weighted by atomic mass is 16.5. The molecule has 1 aromatic rings. The van der Waals surface area contributed by atoms with Crippen LogP contribution in [-0.4, -0.2) is 57.6 Å². The molecule has 118 valence electrons. The van der Waals surface area contributed by atoms with Gasteiger partial charge in [-0.2, -0.15) is 0 Å². The molecule has 1 N–H and O–H groups in total. The van der Waals surface area contributed by atoms with Crippen LogP contribution in [0.4, 0.5) is 0 Å². The van der Waals surface area contributed by atoms with Crippen molar-refractivity contribution in [3.05, 3.63) is 23.8 Å². The van der Waals surface area contributed by atoms with Gasteiger partial charge in [0.15, 0.2) is 11.5 Å². The van der Waals surface area contributed by atoms with Crippen molar-refractivity contribution in [2.24, 2.45) is 0 Å². The summed E-state index contributed by atoms with van der Waals surface area (Å²) in [6.45, 7) is 2.54. The highest BCUT2D eigenvalue weighted by molar-refractivity contribution is 5.76. The van der Waals surface area contributed by atoms with E-state index in [-0.39, 0.29) is 19.3 Å². The summed E-state index contributed by atoms with van der Waals surface area (Å²) < 4.78 is 20.9. The minimum Gasteiger partial charge on any atom is -0.493 e. The lowest BCUT2D eigenvalue weighted by molar-refractivity contribution is -0.0424. The quantitative estimate of drug-likeness (QED) is 0.656. The number of aldehydes is 1. The Kier molecular flexibility index (Phi) is 7.74. The molecule has 0 bridgehead atoms. The van der Waals surface area contributed by atoms with E-state index < -0.39 is 6.10 Å². The summed E-state index contributed by atoms with van der Waals surface area (Å²) in [4.78, 5) is 10.7. The van der Waals surface area contributed by atoms with Crippen molar-refractivity contribution in [1.29, 1.82) is 0 Å². The Morgan fingerprint density at radius 1 is 1.19 bits per heavy atom. The van der Waals surface area contributed by atoms with Gasteiger partial charge in [0.25, 0.3) is 0 Å². The molecule has 0 saturated carbocycles. The Bertz CT molecular complexity index is 434. The molecule has 0 radical (unpaired) electrons. The number of ether oxygens (including phenoxy) is 4. The van der Waals surface area contributed by atoms with Crippen LogP contribution < -0.4 is 9.47 Å². The summed E-state index contributed by atoms with van der Waals surface area (Å²) in [5.41, 5.74) is 0.497. The van der Waals surface area contributed by atoms with E-state index in [1.165, 1.54) is 7.11 Å². The molecule has 6 nitrogen and oxygen atoms in total. The van der Waals surface area contributed by atoms with Gasteiger partial charge < -0.3 is 24.1 Å². The first-order valence-electron chi connectivity index (χ1n) is 6.65. The number of aliphatic hydroxyl groups excluding tert-OH is 1. The number of carbonyl (C=O) groups excluding carboxylic acids is 1. The summed E-state index contributed by atoms with van der Waals surface area (Å²) in [7, 11) is 3.08. The van der Waals surface area contributed by atoms with Gasteiger partial charge in [-0.05, 0) is 25.1 Å². The van der Waals surface area contributed by atoms with Gasteiger partial charge in [0.2, 0.25) is 0 Å². The van der Waals surface area contributed by atoms with Gasteiger partial charge in [-0.25, -0.2) is 0 Å². The minimum atomic E-state index is -0.764. The van der Waals surface area contributed by atoms with E-state index in [4.69, 9.17) is 18.9 Å². The molecule has 6 heteroatoms. The number of methoxy groups -OCH3 is 2. The monoisotopic (exact) mass is 298 g/mol. The Morgan fingerprint density at radius 2 is 1.95 bits per heavy atom. The predicted molar refractivity (Wildman–Crippen MR) is 77.2 cm³/mol.